The van der Waals surface area contributed by atoms with Gasteiger partial charge < -0.3 is 9.64 Å². The summed E-state index contributed by atoms with van der Waals surface area (Å²) in [5.74, 6) is 0. The minimum Gasteiger partial charge on any atom is -0.379 e. The van der Waals surface area contributed by atoms with Crippen LogP contribution in [0.5, 0.6) is 0 Å². The van der Waals surface area contributed by atoms with E-state index in [0.29, 0.717) is 0 Å². The van der Waals surface area contributed by atoms with E-state index in [2.05, 4.69) is 9.80 Å². The van der Waals surface area contributed by atoms with Crippen LogP contribution in [0, 0.1) is 5.41 Å². The quantitative estimate of drug-likeness (QED) is 0.794. The van der Waals surface area contributed by atoms with Crippen molar-refractivity contribution in [3.8, 4) is 0 Å². The summed E-state index contributed by atoms with van der Waals surface area (Å²) in [4.78, 5) is 5.27. The van der Waals surface area contributed by atoms with E-state index in [9.17, 15) is 0 Å². The summed E-state index contributed by atoms with van der Waals surface area (Å²) in [6.07, 6.45) is 10.3. The van der Waals surface area contributed by atoms with Crippen molar-refractivity contribution in [3.05, 3.63) is 0 Å². The van der Waals surface area contributed by atoms with Crippen molar-refractivity contribution in [2.75, 3.05) is 52.5 Å². The highest BCUT2D eigenvalue weighted by molar-refractivity contribution is 5.85. The molecular weight excluding hydrogens is 272 g/mol. The number of rotatable bonds is 4. The highest BCUT2D eigenvalue weighted by Gasteiger charge is 2.36. The molecule has 0 aromatic carbocycles. The fraction of sp³-hybridized carbons (Fsp3) is 1.00. The van der Waals surface area contributed by atoms with Gasteiger partial charge >= 0.3 is 0 Å². The summed E-state index contributed by atoms with van der Waals surface area (Å²) in [5, 5.41) is 0. The Labute approximate surface area is 130 Å². The van der Waals surface area contributed by atoms with E-state index in [4.69, 9.17) is 4.74 Å². The molecule has 2 saturated heterocycles. The predicted molar refractivity (Wildman–Crippen MR) is 85.7 cm³/mol. The monoisotopic (exact) mass is 302 g/mol. The van der Waals surface area contributed by atoms with Crippen LogP contribution in [0.15, 0.2) is 0 Å². The van der Waals surface area contributed by atoms with Crippen LogP contribution in [0.4, 0.5) is 0 Å². The number of hydrogen-bond donors (Lipinski definition) is 0. The van der Waals surface area contributed by atoms with Crippen LogP contribution < -0.4 is 0 Å². The molecule has 2 aliphatic heterocycles. The molecule has 0 amide bonds. The zero-order valence-electron chi connectivity index (χ0n) is 12.8. The van der Waals surface area contributed by atoms with Crippen LogP contribution in [-0.4, -0.2) is 62.3 Å². The minimum absolute atomic E-state index is 0. The molecule has 1 aliphatic carbocycles. The first-order valence-corrected chi connectivity index (χ1v) is 8.39. The second-order valence-corrected chi connectivity index (χ2v) is 6.86. The third-order valence-corrected chi connectivity index (χ3v) is 5.63. The Balaban J connectivity index is 0.00000147. The van der Waals surface area contributed by atoms with Gasteiger partial charge in [-0.15, -0.1) is 12.4 Å². The van der Waals surface area contributed by atoms with Crippen LogP contribution in [0.3, 0.4) is 0 Å². The van der Waals surface area contributed by atoms with Crippen LogP contribution in [0.2, 0.25) is 0 Å². The summed E-state index contributed by atoms with van der Waals surface area (Å²) in [6, 6.07) is 0. The molecule has 3 fully saturated rings. The molecule has 0 aromatic rings. The lowest BCUT2D eigenvalue weighted by atomic mass is 9.77. The Kier molecular flexibility index (Phi) is 6.60. The number of halogens is 1. The van der Waals surface area contributed by atoms with Crippen molar-refractivity contribution in [2.24, 2.45) is 5.41 Å². The van der Waals surface area contributed by atoms with Crippen molar-refractivity contribution in [1.82, 2.24) is 9.80 Å². The highest BCUT2D eigenvalue weighted by atomic mass is 35.5. The standard InChI is InChI=1S/C16H30N2O.ClH/c1-2-5-16(4-1)6-10-17(11-7-16)8-3-9-18-12-14-19-15-13-18;/h1-15H2;1H. The molecule has 20 heavy (non-hydrogen) atoms. The molecule has 118 valence electrons. The second kappa shape index (κ2) is 7.98. The maximum atomic E-state index is 5.40. The van der Waals surface area contributed by atoms with Crippen LogP contribution in [0.1, 0.15) is 44.9 Å². The number of likely N-dealkylation sites (tertiary alicyclic amines) is 1. The lowest BCUT2D eigenvalue weighted by Crippen LogP contribution is -2.41. The van der Waals surface area contributed by atoms with Gasteiger partial charge in [0.05, 0.1) is 13.2 Å². The lowest BCUT2D eigenvalue weighted by Gasteiger charge is -2.39. The van der Waals surface area contributed by atoms with E-state index in [0.717, 1.165) is 31.7 Å². The van der Waals surface area contributed by atoms with Crippen molar-refractivity contribution in [2.45, 2.75) is 44.9 Å². The summed E-state index contributed by atoms with van der Waals surface area (Å²) in [6.45, 7) is 9.47. The van der Waals surface area contributed by atoms with Crippen molar-refractivity contribution >= 4 is 12.4 Å². The topological polar surface area (TPSA) is 15.7 Å². The van der Waals surface area contributed by atoms with Crippen LogP contribution in [-0.2, 0) is 4.74 Å². The van der Waals surface area contributed by atoms with Crippen molar-refractivity contribution in [3.63, 3.8) is 0 Å². The molecular formula is C16H31ClN2O. The second-order valence-electron chi connectivity index (χ2n) is 6.86. The average molecular weight is 303 g/mol. The number of hydrogen-bond acceptors (Lipinski definition) is 3. The Bertz CT molecular complexity index is 266. The molecule has 3 rings (SSSR count). The number of morpholine rings is 1. The normalized spacial score (nSPS) is 27.6. The van der Waals surface area contributed by atoms with E-state index in [1.165, 1.54) is 71.1 Å². The number of piperidine rings is 1. The predicted octanol–water partition coefficient (Wildman–Crippen LogP) is 2.79. The van der Waals surface area contributed by atoms with E-state index in [1.807, 2.05) is 0 Å². The number of ether oxygens (including phenoxy) is 1. The third-order valence-electron chi connectivity index (χ3n) is 5.63. The maximum absolute atomic E-state index is 5.40. The molecule has 3 aliphatic rings. The number of nitrogens with zero attached hydrogens (tertiary/aromatic N) is 2. The molecule has 0 aromatic heterocycles. The largest absolute Gasteiger partial charge is 0.379 e. The highest BCUT2D eigenvalue weighted by Crippen LogP contribution is 2.45. The van der Waals surface area contributed by atoms with Gasteiger partial charge in [0.1, 0.15) is 0 Å². The van der Waals surface area contributed by atoms with Gasteiger partial charge in [0, 0.05) is 13.1 Å². The fourth-order valence-corrected chi connectivity index (χ4v) is 4.22. The van der Waals surface area contributed by atoms with E-state index >= 15 is 0 Å². The smallest absolute Gasteiger partial charge is 0.0594 e. The zero-order valence-corrected chi connectivity index (χ0v) is 13.6. The van der Waals surface area contributed by atoms with Gasteiger partial charge in [-0.1, -0.05) is 12.8 Å². The molecule has 0 atom stereocenters. The summed E-state index contributed by atoms with van der Waals surface area (Å²) in [7, 11) is 0. The SMILES string of the molecule is C(CN1CCOCC1)CN1CCC2(CCCC2)CC1.Cl. The molecule has 0 radical (unpaired) electrons. The fourth-order valence-electron chi connectivity index (χ4n) is 4.22. The van der Waals surface area contributed by atoms with E-state index < -0.39 is 0 Å². The Morgan fingerprint density at radius 3 is 1.90 bits per heavy atom. The van der Waals surface area contributed by atoms with E-state index in [1.54, 1.807) is 0 Å². The minimum atomic E-state index is 0. The molecule has 0 unspecified atom stereocenters. The Morgan fingerprint density at radius 2 is 1.30 bits per heavy atom. The van der Waals surface area contributed by atoms with Crippen molar-refractivity contribution < 1.29 is 4.74 Å². The first-order valence-electron chi connectivity index (χ1n) is 8.39. The van der Waals surface area contributed by atoms with Gasteiger partial charge in [0.15, 0.2) is 0 Å². The first-order chi connectivity index (χ1) is 9.36. The molecule has 1 spiro atoms. The maximum Gasteiger partial charge on any atom is 0.0594 e. The van der Waals surface area contributed by atoms with Crippen LogP contribution >= 0.6 is 12.4 Å². The van der Waals surface area contributed by atoms with Crippen molar-refractivity contribution in [1.29, 1.82) is 0 Å². The third kappa shape index (κ3) is 4.33. The van der Waals surface area contributed by atoms with Gasteiger partial charge in [-0.2, -0.15) is 0 Å². The molecule has 2 heterocycles. The van der Waals surface area contributed by atoms with Gasteiger partial charge in [-0.05, 0) is 63.7 Å². The summed E-state index contributed by atoms with van der Waals surface area (Å²) >= 11 is 0. The molecule has 3 nitrogen and oxygen atoms in total. The van der Waals surface area contributed by atoms with Crippen LogP contribution in [0.25, 0.3) is 0 Å². The Hall–Kier alpha value is 0.170. The molecule has 1 saturated carbocycles. The first kappa shape index (κ1) is 16.5. The van der Waals surface area contributed by atoms with Gasteiger partial charge in [-0.25, -0.2) is 0 Å². The summed E-state index contributed by atoms with van der Waals surface area (Å²) in [5.41, 5.74) is 0.778. The summed E-state index contributed by atoms with van der Waals surface area (Å²) < 4.78 is 5.40. The van der Waals surface area contributed by atoms with E-state index in [-0.39, 0.29) is 12.4 Å². The van der Waals surface area contributed by atoms with Gasteiger partial charge in [0.2, 0.25) is 0 Å². The average Bonchev–Trinajstić information content (AvgIpc) is 2.91. The Morgan fingerprint density at radius 1 is 0.750 bits per heavy atom. The zero-order chi connectivity index (χ0) is 13.0. The molecule has 0 bridgehead atoms. The van der Waals surface area contributed by atoms with Gasteiger partial charge in [-0.3, -0.25) is 4.90 Å². The molecule has 0 N–H and O–H groups in total. The molecule has 4 heteroatoms. The van der Waals surface area contributed by atoms with Gasteiger partial charge in [0.25, 0.3) is 0 Å². The lowest BCUT2D eigenvalue weighted by molar-refractivity contribution is 0.0345.